The highest BCUT2D eigenvalue weighted by molar-refractivity contribution is 9.10. The van der Waals surface area contributed by atoms with E-state index in [1.54, 1.807) is 6.07 Å². The van der Waals surface area contributed by atoms with Gasteiger partial charge in [0, 0.05) is 6.54 Å². The third kappa shape index (κ3) is 4.04. The zero-order chi connectivity index (χ0) is 13.0. The van der Waals surface area contributed by atoms with E-state index in [1.165, 1.54) is 6.07 Å². The molecule has 100 valence electrons. The summed E-state index contributed by atoms with van der Waals surface area (Å²) in [4.78, 5) is 0. The van der Waals surface area contributed by atoms with E-state index in [0.29, 0.717) is 10.4 Å². The highest BCUT2D eigenvalue weighted by atomic mass is 79.9. The van der Waals surface area contributed by atoms with Crippen molar-refractivity contribution in [1.29, 1.82) is 0 Å². The lowest BCUT2D eigenvalue weighted by Gasteiger charge is -2.25. The van der Waals surface area contributed by atoms with E-state index in [0.717, 1.165) is 44.3 Å². The Kier molecular flexibility index (Phi) is 5.15. The number of nitrogens with one attached hydrogen (secondary N) is 1. The van der Waals surface area contributed by atoms with Crippen LogP contribution in [0.1, 0.15) is 31.2 Å². The lowest BCUT2D eigenvalue weighted by Crippen LogP contribution is -2.27. The molecule has 2 rings (SSSR count). The van der Waals surface area contributed by atoms with Crippen LogP contribution in [0.15, 0.2) is 22.7 Å². The lowest BCUT2D eigenvalue weighted by molar-refractivity contribution is 0.108. The zero-order valence-corrected chi connectivity index (χ0v) is 11.9. The molecule has 1 saturated carbocycles. The molecule has 0 unspecified atom stereocenters. The first-order valence-corrected chi connectivity index (χ1v) is 7.27. The fourth-order valence-corrected chi connectivity index (χ4v) is 2.85. The third-order valence-corrected chi connectivity index (χ3v) is 4.17. The van der Waals surface area contributed by atoms with Gasteiger partial charge in [0.15, 0.2) is 0 Å². The Hall–Kier alpha value is -0.450. The predicted molar refractivity (Wildman–Crippen MR) is 73.8 cm³/mol. The van der Waals surface area contributed by atoms with Crippen LogP contribution in [-0.4, -0.2) is 17.8 Å². The summed E-state index contributed by atoms with van der Waals surface area (Å²) in [5.74, 6) is 0.442. The SMILES string of the molecule is OC1CCC(CNCc2ccc(F)c(Br)c2)CC1. The van der Waals surface area contributed by atoms with E-state index >= 15 is 0 Å². The largest absolute Gasteiger partial charge is 0.393 e. The molecule has 2 N–H and O–H groups in total. The van der Waals surface area contributed by atoms with Gasteiger partial charge in [-0.05, 0) is 71.8 Å². The molecular weight excluding hydrogens is 297 g/mol. The summed E-state index contributed by atoms with van der Waals surface area (Å²) >= 11 is 3.19. The van der Waals surface area contributed by atoms with Crippen LogP contribution in [0.3, 0.4) is 0 Å². The highest BCUT2D eigenvalue weighted by Gasteiger charge is 2.18. The van der Waals surface area contributed by atoms with Gasteiger partial charge >= 0.3 is 0 Å². The summed E-state index contributed by atoms with van der Waals surface area (Å²) in [6.07, 6.45) is 3.96. The molecule has 0 aliphatic heterocycles. The number of aliphatic hydroxyl groups is 1. The normalized spacial score (nSPS) is 24.2. The number of halogens is 2. The number of hydrogen-bond donors (Lipinski definition) is 2. The number of benzene rings is 1. The van der Waals surface area contributed by atoms with Crippen LogP contribution in [0.5, 0.6) is 0 Å². The minimum absolute atomic E-state index is 0.0886. The van der Waals surface area contributed by atoms with Gasteiger partial charge in [0.05, 0.1) is 10.6 Å². The minimum atomic E-state index is -0.222. The molecule has 0 aromatic heterocycles. The monoisotopic (exact) mass is 315 g/mol. The van der Waals surface area contributed by atoms with Crippen molar-refractivity contribution >= 4 is 15.9 Å². The molecule has 1 aromatic rings. The second kappa shape index (κ2) is 6.64. The molecule has 0 atom stereocenters. The molecule has 18 heavy (non-hydrogen) atoms. The Labute approximate surface area is 116 Å². The van der Waals surface area contributed by atoms with E-state index < -0.39 is 0 Å². The minimum Gasteiger partial charge on any atom is -0.393 e. The molecular formula is C14H19BrFNO. The summed E-state index contributed by atoms with van der Waals surface area (Å²) in [5, 5.41) is 12.8. The van der Waals surface area contributed by atoms with E-state index in [1.807, 2.05) is 6.07 Å². The molecule has 2 nitrogen and oxygen atoms in total. The van der Waals surface area contributed by atoms with Crippen LogP contribution in [0, 0.1) is 11.7 Å². The summed E-state index contributed by atoms with van der Waals surface area (Å²) in [7, 11) is 0. The summed E-state index contributed by atoms with van der Waals surface area (Å²) < 4.78 is 13.6. The quantitative estimate of drug-likeness (QED) is 0.894. The third-order valence-electron chi connectivity index (χ3n) is 3.56. The van der Waals surface area contributed by atoms with Crippen LogP contribution in [0.2, 0.25) is 0 Å². The average Bonchev–Trinajstić information content (AvgIpc) is 2.36. The fraction of sp³-hybridized carbons (Fsp3) is 0.571. The van der Waals surface area contributed by atoms with Gasteiger partial charge in [-0.15, -0.1) is 0 Å². The smallest absolute Gasteiger partial charge is 0.137 e. The van der Waals surface area contributed by atoms with E-state index in [2.05, 4.69) is 21.2 Å². The second-order valence-electron chi connectivity index (χ2n) is 5.05. The van der Waals surface area contributed by atoms with Gasteiger partial charge in [-0.2, -0.15) is 0 Å². The molecule has 0 amide bonds. The number of hydrogen-bond acceptors (Lipinski definition) is 2. The molecule has 0 bridgehead atoms. The van der Waals surface area contributed by atoms with Crippen LogP contribution >= 0.6 is 15.9 Å². The van der Waals surface area contributed by atoms with Gasteiger partial charge in [-0.1, -0.05) is 6.07 Å². The Morgan fingerprint density at radius 3 is 2.67 bits per heavy atom. The van der Waals surface area contributed by atoms with Crippen molar-refractivity contribution in [1.82, 2.24) is 5.32 Å². The molecule has 0 spiro atoms. The fourth-order valence-electron chi connectivity index (χ4n) is 2.42. The maximum Gasteiger partial charge on any atom is 0.137 e. The van der Waals surface area contributed by atoms with Crippen LogP contribution in [-0.2, 0) is 6.54 Å². The van der Waals surface area contributed by atoms with Crippen molar-refractivity contribution in [3.63, 3.8) is 0 Å². The molecule has 0 radical (unpaired) electrons. The molecule has 1 fully saturated rings. The highest BCUT2D eigenvalue weighted by Crippen LogP contribution is 2.23. The Morgan fingerprint density at radius 1 is 1.28 bits per heavy atom. The van der Waals surface area contributed by atoms with E-state index in [4.69, 9.17) is 0 Å². The number of aliphatic hydroxyl groups excluding tert-OH is 1. The van der Waals surface area contributed by atoms with Gasteiger partial charge in [0.2, 0.25) is 0 Å². The summed E-state index contributed by atoms with van der Waals surface area (Å²) in [6.45, 7) is 1.74. The first-order chi connectivity index (χ1) is 8.65. The first kappa shape index (κ1) is 14.0. The molecule has 1 aliphatic carbocycles. The summed E-state index contributed by atoms with van der Waals surface area (Å²) in [5.41, 5.74) is 1.08. The van der Waals surface area contributed by atoms with Crippen molar-refractivity contribution < 1.29 is 9.50 Å². The van der Waals surface area contributed by atoms with Crippen LogP contribution in [0.4, 0.5) is 4.39 Å². The van der Waals surface area contributed by atoms with Gasteiger partial charge in [0.25, 0.3) is 0 Å². The maximum absolute atomic E-state index is 13.1. The van der Waals surface area contributed by atoms with E-state index in [9.17, 15) is 9.50 Å². The standard InChI is InChI=1S/C14H19BrFNO/c15-13-7-11(3-6-14(13)16)9-17-8-10-1-4-12(18)5-2-10/h3,6-7,10,12,17-18H,1-2,4-5,8-9H2. The Bertz CT molecular complexity index is 391. The van der Waals surface area contributed by atoms with Gasteiger partial charge in [-0.25, -0.2) is 4.39 Å². The Morgan fingerprint density at radius 2 is 2.00 bits per heavy atom. The maximum atomic E-state index is 13.1. The number of rotatable bonds is 4. The predicted octanol–water partition coefficient (Wildman–Crippen LogP) is 3.23. The second-order valence-corrected chi connectivity index (χ2v) is 5.91. The molecule has 1 aliphatic rings. The first-order valence-electron chi connectivity index (χ1n) is 6.48. The van der Waals surface area contributed by atoms with Crippen LogP contribution in [0.25, 0.3) is 0 Å². The van der Waals surface area contributed by atoms with E-state index in [-0.39, 0.29) is 11.9 Å². The van der Waals surface area contributed by atoms with Gasteiger partial charge in [0.1, 0.15) is 5.82 Å². The van der Waals surface area contributed by atoms with Crippen molar-refractivity contribution in [2.75, 3.05) is 6.54 Å². The van der Waals surface area contributed by atoms with Crippen molar-refractivity contribution in [2.45, 2.75) is 38.3 Å². The van der Waals surface area contributed by atoms with Crippen molar-refractivity contribution in [3.05, 3.63) is 34.1 Å². The Balaban J connectivity index is 1.73. The topological polar surface area (TPSA) is 32.3 Å². The van der Waals surface area contributed by atoms with Gasteiger partial charge < -0.3 is 10.4 Å². The van der Waals surface area contributed by atoms with Crippen LogP contribution < -0.4 is 5.32 Å². The zero-order valence-electron chi connectivity index (χ0n) is 10.3. The molecule has 1 aromatic carbocycles. The molecule has 0 heterocycles. The van der Waals surface area contributed by atoms with Crippen molar-refractivity contribution in [3.8, 4) is 0 Å². The lowest BCUT2D eigenvalue weighted by atomic mass is 9.87. The van der Waals surface area contributed by atoms with Gasteiger partial charge in [-0.3, -0.25) is 0 Å². The molecule has 0 saturated heterocycles. The van der Waals surface area contributed by atoms with Crippen molar-refractivity contribution in [2.24, 2.45) is 5.92 Å². The molecule has 4 heteroatoms. The summed E-state index contributed by atoms with van der Waals surface area (Å²) in [6, 6.07) is 5.10. The average molecular weight is 316 g/mol.